The van der Waals surface area contributed by atoms with Gasteiger partial charge in [-0.25, -0.2) is 4.98 Å². The molecule has 2 rings (SSSR count). The zero-order valence-electron chi connectivity index (χ0n) is 11.2. The number of halogens is 4. The Balaban J connectivity index is 1.76. The van der Waals surface area contributed by atoms with E-state index in [9.17, 15) is 22.4 Å². The van der Waals surface area contributed by atoms with E-state index in [1.54, 1.807) is 0 Å². The van der Waals surface area contributed by atoms with Crippen molar-refractivity contribution < 1.29 is 22.4 Å². The molecular formula is C13H15F4N3O. The molecule has 1 unspecified atom stereocenters. The number of nitrogens with zero attached hydrogens (tertiary/aromatic N) is 2. The van der Waals surface area contributed by atoms with Crippen LogP contribution in [0.25, 0.3) is 0 Å². The van der Waals surface area contributed by atoms with Crippen molar-refractivity contribution in [3.05, 3.63) is 29.8 Å². The molecule has 0 bridgehead atoms. The highest BCUT2D eigenvalue weighted by Gasteiger charge is 2.34. The minimum Gasteiger partial charge on any atom is -0.352 e. The van der Waals surface area contributed by atoms with E-state index in [2.05, 4.69) is 10.3 Å². The van der Waals surface area contributed by atoms with E-state index in [1.165, 1.54) is 11.0 Å². The molecule has 1 N–H and O–H groups in total. The smallest absolute Gasteiger partial charge is 0.352 e. The largest absolute Gasteiger partial charge is 0.401 e. The second-order valence-electron chi connectivity index (χ2n) is 5.08. The molecule has 0 saturated carbocycles. The topological polar surface area (TPSA) is 45.2 Å². The van der Waals surface area contributed by atoms with Crippen LogP contribution < -0.4 is 5.32 Å². The van der Waals surface area contributed by atoms with Gasteiger partial charge in [0.25, 0.3) is 5.91 Å². The number of pyridine rings is 1. The van der Waals surface area contributed by atoms with Crippen LogP contribution in [0.4, 0.5) is 17.6 Å². The van der Waals surface area contributed by atoms with Crippen LogP contribution in [0.1, 0.15) is 16.8 Å². The molecule has 1 aliphatic rings. The van der Waals surface area contributed by atoms with E-state index in [0.717, 1.165) is 12.3 Å². The van der Waals surface area contributed by atoms with Gasteiger partial charge in [0, 0.05) is 19.3 Å². The Kier molecular flexibility index (Phi) is 4.76. The van der Waals surface area contributed by atoms with E-state index in [4.69, 9.17) is 0 Å². The maximum Gasteiger partial charge on any atom is 0.401 e. The van der Waals surface area contributed by atoms with Gasteiger partial charge >= 0.3 is 6.18 Å². The van der Waals surface area contributed by atoms with E-state index in [-0.39, 0.29) is 11.5 Å². The summed E-state index contributed by atoms with van der Waals surface area (Å²) in [6.07, 6.45) is -2.47. The molecule has 116 valence electrons. The lowest BCUT2D eigenvalue weighted by Gasteiger charge is -2.18. The summed E-state index contributed by atoms with van der Waals surface area (Å²) in [5.74, 6) is -1.09. The lowest BCUT2D eigenvalue weighted by atomic mass is 10.1. The van der Waals surface area contributed by atoms with Crippen LogP contribution in [0.5, 0.6) is 0 Å². The maximum atomic E-state index is 12.6. The van der Waals surface area contributed by atoms with Gasteiger partial charge in [0.1, 0.15) is 0 Å². The average Bonchev–Trinajstić information content (AvgIpc) is 2.82. The Labute approximate surface area is 119 Å². The Morgan fingerprint density at radius 3 is 2.81 bits per heavy atom. The van der Waals surface area contributed by atoms with Crippen LogP contribution in [-0.4, -0.2) is 48.1 Å². The van der Waals surface area contributed by atoms with Gasteiger partial charge in [0.2, 0.25) is 5.95 Å². The molecule has 1 amide bonds. The van der Waals surface area contributed by atoms with Crippen molar-refractivity contribution in [3.8, 4) is 0 Å². The first kappa shape index (κ1) is 15.7. The fourth-order valence-electron chi connectivity index (χ4n) is 2.33. The molecule has 1 aliphatic heterocycles. The van der Waals surface area contributed by atoms with Crippen LogP contribution in [0, 0.1) is 11.9 Å². The van der Waals surface area contributed by atoms with Crippen LogP contribution >= 0.6 is 0 Å². The fourth-order valence-corrected chi connectivity index (χ4v) is 2.33. The summed E-state index contributed by atoms with van der Waals surface area (Å²) in [6.45, 7) is 0.0590. The number of likely N-dealkylation sites (tertiary alicyclic amines) is 1. The zero-order chi connectivity index (χ0) is 15.5. The Bertz CT molecular complexity index is 489. The predicted octanol–water partition coefficient (Wildman–Crippen LogP) is 1.83. The summed E-state index contributed by atoms with van der Waals surface area (Å²) in [4.78, 5) is 16.5. The molecule has 0 radical (unpaired) electrons. The highest BCUT2D eigenvalue weighted by molar-refractivity contribution is 5.93. The number of nitrogens with one attached hydrogen (secondary N) is 1. The molecule has 0 aliphatic carbocycles. The number of aromatic nitrogens is 1. The standard InChI is InChI=1S/C13H15F4N3O/c14-11-2-1-10(6-18-11)12(21)19-5-9-3-4-20(7-9)8-13(15,16)17/h1-2,6,9H,3-5,7-8H2,(H,19,21). The van der Waals surface area contributed by atoms with E-state index >= 15 is 0 Å². The van der Waals surface area contributed by atoms with Crippen LogP contribution in [0.15, 0.2) is 18.3 Å². The van der Waals surface area contributed by atoms with Gasteiger partial charge < -0.3 is 5.32 Å². The van der Waals surface area contributed by atoms with Crippen LogP contribution in [0.3, 0.4) is 0 Å². The van der Waals surface area contributed by atoms with Crippen molar-refractivity contribution in [2.75, 3.05) is 26.2 Å². The first-order valence-corrected chi connectivity index (χ1v) is 6.52. The lowest BCUT2D eigenvalue weighted by molar-refractivity contribution is -0.143. The molecule has 21 heavy (non-hydrogen) atoms. The van der Waals surface area contributed by atoms with E-state index in [1.807, 2.05) is 0 Å². The minimum atomic E-state index is -4.20. The Morgan fingerprint density at radius 2 is 2.19 bits per heavy atom. The predicted molar refractivity (Wildman–Crippen MR) is 67.1 cm³/mol. The van der Waals surface area contributed by atoms with Gasteiger partial charge in [0.15, 0.2) is 0 Å². The van der Waals surface area contributed by atoms with Gasteiger partial charge in [-0.2, -0.15) is 17.6 Å². The quantitative estimate of drug-likeness (QED) is 0.682. The SMILES string of the molecule is O=C(NCC1CCN(CC(F)(F)F)C1)c1ccc(F)nc1. The van der Waals surface area contributed by atoms with Crippen molar-refractivity contribution in [2.45, 2.75) is 12.6 Å². The number of hydrogen-bond acceptors (Lipinski definition) is 3. The number of hydrogen-bond donors (Lipinski definition) is 1. The Morgan fingerprint density at radius 1 is 1.43 bits per heavy atom. The minimum absolute atomic E-state index is 0.00953. The number of carbonyl (C=O) groups is 1. The number of carbonyl (C=O) groups excluding carboxylic acids is 1. The second kappa shape index (κ2) is 6.38. The van der Waals surface area contributed by atoms with Gasteiger partial charge in [-0.15, -0.1) is 0 Å². The van der Waals surface area contributed by atoms with Crippen molar-refractivity contribution in [1.29, 1.82) is 0 Å². The third-order valence-corrected chi connectivity index (χ3v) is 3.31. The molecule has 8 heteroatoms. The molecule has 1 saturated heterocycles. The molecule has 1 atom stereocenters. The maximum absolute atomic E-state index is 12.6. The van der Waals surface area contributed by atoms with Crippen molar-refractivity contribution in [2.24, 2.45) is 5.92 Å². The third-order valence-electron chi connectivity index (χ3n) is 3.31. The monoisotopic (exact) mass is 305 g/mol. The Hall–Kier alpha value is -1.70. The van der Waals surface area contributed by atoms with Gasteiger partial charge in [0.05, 0.1) is 12.1 Å². The average molecular weight is 305 g/mol. The molecule has 4 nitrogen and oxygen atoms in total. The van der Waals surface area contributed by atoms with Gasteiger partial charge in [-0.1, -0.05) is 0 Å². The summed E-state index contributed by atoms with van der Waals surface area (Å²) in [7, 11) is 0. The summed E-state index contributed by atoms with van der Waals surface area (Å²) >= 11 is 0. The van der Waals surface area contributed by atoms with Gasteiger partial charge in [-0.05, 0) is 31.0 Å². The first-order chi connectivity index (χ1) is 9.83. The van der Waals surface area contributed by atoms with Crippen LogP contribution in [-0.2, 0) is 0 Å². The lowest BCUT2D eigenvalue weighted by Crippen LogP contribution is -2.34. The number of alkyl halides is 3. The second-order valence-corrected chi connectivity index (χ2v) is 5.08. The van der Waals surface area contributed by atoms with E-state index in [0.29, 0.717) is 26.1 Å². The van der Waals surface area contributed by atoms with Crippen molar-refractivity contribution >= 4 is 5.91 Å². The highest BCUT2D eigenvalue weighted by Crippen LogP contribution is 2.22. The molecule has 1 fully saturated rings. The van der Waals surface area contributed by atoms with Gasteiger partial charge in [-0.3, -0.25) is 9.69 Å². The number of amides is 1. The molecule has 2 heterocycles. The van der Waals surface area contributed by atoms with E-state index < -0.39 is 24.6 Å². The summed E-state index contributed by atoms with van der Waals surface area (Å²) in [6, 6.07) is 2.39. The summed E-state index contributed by atoms with van der Waals surface area (Å²) < 4.78 is 49.4. The molecular weight excluding hydrogens is 290 g/mol. The highest BCUT2D eigenvalue weighted by atomic mass is 19.4. The molecule has 1 aromatic rings. The summed E-state index contributed by atoms with van der Waals surface area (Å²) in [5.41, 5.74) is 0.224. The fraction of sp³-hybridized carbons (Fsp3) is 0.538. The zero-order valence-corrected chi connectivity index (χ0v) is 11.2. The third kappa shape index (κ3) is 4.96. The summed E-state index contributed by atoms with van der Waals surface area (Å²) in [5, 5.41) is 2.63. The van der Waals surface area contributed by atoms with Crippen molar-refractivity contribution in [1.82, 2.24) is 15.2 Å². The van der Waals surface area contributed by atoms with Crippen molar-refractivity contribution in [3.63, 3.8) is 0 Å². The number of rotatable bonds is 4. The molecule has 0 spiro atoms. The van der Waals surface area contributed by atoms with Crippen LogP contribution in [0.2, 0.25) is 0 Å². The molecule has 0 aromatic carbocycles. The normalized spacial score (nSPS) is 19.7. The first-order valence-electron chi connectivity index (χ1n) is 6.52. The molecule has 1 aromatic heterocycles.